The standard InChI is InChI=1S/C14H18BrNO3S/c1-5-20(18,19)13-7-12-10(6-11(13)15)14(3,4)8-16(12)9(2)17/h6-7H,5,8H2,1-4H3. The highest BCUT2D eigenvalue weighted by Crippen LogP contribution is 2.44. The van der Waals surface area contributed by atoms with Crippen LogP contribution in [0.15, 0.2) is 21.5 Å². The van der Waals surface area contributed by atoms with Crippen molar-refractivity contribution in [2.75, 3.05) is 17.2 Å². The third-order valence-electron chi connectivity index (χ3n) is 3.72. The Morgan fingerprint density at radius 2 is 2.00 bits per heavy atom. The van der Waals surface area contributed by atoms with E-state index < -0.39 is 9.84 Å². The van der Waals surface area contributed by atoms with Gasteiger partial charge in [0.05, 0.1) is 10.6 Å². The number of hydrogen-bond acceptors (Lipinski definition) is 3. The molecule has 0 saturated carbocycles. The van der Waals surface area contributed by atoms with E-state index in [9.17, 15) is 13.2 Å². The van der Waals surface area contributed by atoms with Crippen molar-refractivity contribution in [2.24, 2.45) is 0 Å². The Morgan fingerprint density at radius 1 is 1.40 bits per heavy atom. The van der Waals surface area contributed by atoms with Crippen LogP contribution >= 0.6 is 15.9 Å². The Bertz CT molecular complexity index is 680. The third kappa shape index (κ3) is 2.39. The monoisotopic (exact) mass is 359 g/mol. The van der Waals surface area contributed by atoms with Crippen LogP contribution < -0.4 is 4.90 Å². The van der Waals surface area contributed by atoms with E-state index in [1.165, 1.54) is 6.92 Å². The summed E-state index contributed by atoms with van der Waals surface area (Å²) in [6, 6.07) is 3.45. The average molecular weight is 360 g/mol. The summed E-state index contributed by atoms with van der Waals surface area (Å²) < 4.78 is 24.8. The molecule has 20 heavy (non-hydrogen) atoms. The molecule has 1 aliphatic rings. The van der Waals surface area contributed by atoms with Crippen molar-refractivity contribution in [2.45, 2.75) is 38.0 Å². The number of rotatable bonds is 2. The number of fused-ring (bicyclic) bond motifs is 1. The van der Waals surface area contributed by atoms with E-state index in [0.29, 0.717) is 16.7 Å². The number of nitrogens with zero attached hydrogens (tertiary/aromatic N) is 1. The minimum Gasteiger partial charge on any atom is -0.311 e. The van der Waals surface area contributed by atoms with Gasteiger partial charge in [-0.2, -0.15) is 0 Å². The lowest BCUT2D eigenvalue weighted by Crippen LogP contribution is -2.32. The normalized spacial score (nSPS) is 17.1. The molecule has 0 fully saturated rings. The van der Waals surface area contributed by atoms with Crippen LogP contribution in [0.5, 0.6) is 0 Å². The summed E-state index contributed by atoms with van der Waals surface area (Å²) in [5.41, 5.74) is 1.52. The SMILES string of the molecule is CCS(=O)(=O)c1cc2c(cc1Br)C(C)(C)CN2C(C)=O. The van der Waals surface area contributed by atoms with Crippen molar-refractivity contribution in [3.05, 3.63) is 22.2 Å². The van der Waals surface area contributed by atoms with Gasteiger partial charge in [-0.05, 0) is 33.6 Å². The molecule has 0 radical (unpaired) electrons. The molecule has 1 aliphatic heterocycles. The molecule has 0 atom stereocenters. The van der Waals surface area contributed by atoms with Crippen LogP contribution in [0.2, 0.25) is 0 Å². The van der Waals surface area contributed by atoms with Crippen LogP contribution in [0, 0.1) is 0 Å². The summed E-state index contributed by atoms with van der Waals surface area (Å²) in [5.74, 6) is -0.0348. The van der Waals surface area contributed by atoms with Gasteiger partial charge in [-0.1, -0.05) is 20.8 Å². The van der Waals surface area contributed by atoms with Crippen LogP contribution in [0.1, 0.15) is 33.3 Å². The summed E-state index contributed by atoms with van der Waals surface area (Å²) >= 11 is 3.35. The second kappa shape index (κ2) is 4.84. The highest BCUT2D eigenvalue weighted by molar-refractivity contribution is 9.10. The largest absolute Gasteiger partial charge is 0.311 e. The molecule has 2 rings (SSSR count). The first-order valence-electron chi connectivity index (χ1n) is 6.45. The first-order chi connectivity index (χ1) is 9.10. The van der Waals surface area contributed by atoms with Gasteiger partial charge in [-0.3, -0.25) is 4.79 Å². The summed E-state index contributed by atoms with van der Waals surface area (Å²) in [7, 11) is -3.32. The molecule has 0 unspecified atom stereocenters. The number of anilines is 1. The minimum absolute atomic E-state index is 0.0356. The molecular formula is C14H18BrNO3S. The average Bonchev–Trinajstić information content (AvgIpc) is 2.60. The van der Waals surface area contributed by atoms with Gasteiger partial charge in [-0.15, -0.1) is 0 Å². The smallest absolute Gasteiger partial charge is 0.223 e. The van der Waals surface area contributed by atoms with Gasteiger partial charge < -0.3 is 4.90 Å². The number of carbonyl (C=O) groups is 1. The van der Waals surface area contributed by atoms with E-state index in [4.69, 9.17) is 0 Å². The van der Waals surface area contributed by atoms with Gasteiger partial charge in [0.15, 0.2) is 9.84 Å². The Hall–Kier alpha value is -0.880. The third-order valence-corrected chi connectivity index (χ3v) is 6.41. The number of halogens is 1. The molecule has 1 aromatic carbocycles. The van der Waals surface area contributed by atoms with Crippen molar-refractivity contribution in [3.8, 4) is 0 Å². The maximum atomic E-state index is 12.1. The highest BCUT2D eigenvalue weighted by Gasteiger charge is 2.38. The van der Waals surface area contributed by atoms with Gasteiger partial charge in [0, 0.05) is 29.0 Å². The zero-order valence-corrected chi connectivity index (χ0v) is 14.4. The number of carbonyl (C=O) groups excluding carboxylic acids is 1. The lowest BCUT2D eigenvalue weighted by Gasteiger charge is -2.19. The van der Waals surface area contributed by atoms with E-state index in [1.807, 2.05) is 6.07 Å². The highest BCUT2D eigenvalue weighted by atomic mass is 79.9. The summed E-state index contributed by atoms with van der Waals surface area (Å²) in [6.45, 7) is 7.78. The van der Waals surface area contributed by atoms with Crippen LogP contribution in [0.4, 0.5) is 5.69 Å². The van der Waals surface area contributed by atoms with Crippen molar-refractivity contribution >= 4 is 37.4 Å². The lowest BCUT2D eigenvalue weighted by molar-refractivity contribution is -0.116. The molecule has 0 aliphatic carbocycles. The first kappa shape index (κ1) is 15.5. The maximum absolute atomic E-state index is 12.1. The van der Waals surface area contributed by atoms with Gasteiger partial charge in [0.1, 0.15) is 0 Å². The summed E-state index contributed by atoms with van der Waals surface area (Å²) in [5, 5.41) is 0. The summed E-state index contributed by atoms with van der Waals surface area (Å²) in [6.07, 6.45) is 0. The van der Waals surface area contributed by atoms with Crippen LogP contribution in [-0.2, 0) is 20.0 Å². The number of amides is 1. The van der Waals surface area contributed by atoms with E-state index in [1.54, 1.807) is 17.9 Å². The molecule has 1 heterocycles. The molecule has 6 heteroatoms. The van der Waals surface area contributed by atoms with Crippen LogP contribution in [0.3, 0.4) is 0 Å². The molecule has 0 spiro atoms. The van der Waals surface area contributed by atoms with Crippen molar-refractivity contribution < 1.29 is 13.2 Å². The zero-order valence-electron chi connectivity index (χ0n) is 12.0. The minimum atomic E-state index is -3.32. The fourth-order valence-corrected chi connectivity index (χ4v) is 4.59. The second-order valence-corrected chi connectivity index (χ2v) is 8.79. The second-order valence-electron chi connectivity index (χ2n) is 5.69. The van der Waals surface area contributed by atoms with Crippen LogP contribution in [-0.4, -0.2) is 26.6 Å². The van der Waals surface area contributed by atoms with Gasteiger partial charge in [-0.25, -0.2) is 8.42 Å². The fourth-order valence-electron chi connectivity index (χ4n) is 2.55. The van der Waals surface area contributed by atoms with E-state index >= 15 is 0 Å². The Labute approximate surface area is 128 Å². The molecule has 1 aromatic rings. The van der Waals surface area contributed by atoms with Crippen LogP contribution in [0.25, 0.3) is 0 Å². The van der Waals surface area contributed by atoms with Crippen molar-refractivity contribution in [3.63, 3.8) is 0 Å². The zero-order chi connectivity index (χ0) is 15.3. The van der Waals surface area contributed by atoms with E-state index in [-0.39, 0.29) is 22.0 Å². The molecule has 0 saturated heterocycles. The Balaban J connectivity index is 2.72. The lowest BCUT2D eigenvalue weighted by atomic mass is 9.87. The topological polar surface area (TPSA) is 54.5 Å². The number of hydrogen-bond donors (Lipinski definition) is 0. The summed E-state index contributed by atoms with van der Waals surface area (Å²) in [4.78, 5) is 13.7. The maximum Gasteiger partial charge on any atom is 0.223 e. The first-order valence-corrected chi connectivity index (χ1v) is 8.89. The van der Waals surface area contributed by atoms with Gasteiger partial charge in [0.25, 0.3) is 0 Å². The van der Waals surface area contributed by atoms with Crippen molar-refractivity contribution in [1.82, 2.24) is 0 Å². The molecule has 0 N–H and O–H groups in total. The predicted molar refractivity (Wildman–Crippen MR) is 82.9 cm³/mol. The predicted octanol–water partition coefficient (Wildman–Crippen LogP) is 2.89. The molecule has 110 valence electrons. The quantitative estimate of drug-likeness (QED) is 0.815. The Kier molecular flexibility index (Phi) is 3.75. The van der Waals surface area contributed by atoms with Gasteiger partial charge >= 0.3 is 0 Å². The number of sulfone groups is 1. The molecule has 1 amide bonds. The van der Waals surface area contributed by atoms with E-state index in [2.05, 4.69) is 29.8 Å². The van der Waals surface area contributed by atoms with Gasteiger partial charge in [0.2, 0.25) is 5.91 Å². The van der Waals surface area contributed by atoms with E-state index in [0.717, 1.165) is 5.56 Å². The fraction of sp³-hybridized carbons (Fsp3) is 0.500. The molecule has 4 nitrogen and oxygen atoms in total. The molecular weight excluding hydrogens is 342 g/mol. The number of benzene rings is 1. The molecule has 0 aromatic heterocycles. The Morgan fingerprint density at radius 3 is 2.50 bits per heavy atom. The molecule has 0 bridgehead atoms. The van der Waals surface area contributed by atoms with Crippen molar-refractivity contribution in [1.29, 1.82) is 0 Å².